The molecule has 0 aliphatic carbocycles. The number of ether oxygens (including phenoxy) is 2. The van der Waals surface area contributed by atoms with E-state index >= 15 is 0 Å². The summed E-state index contributed by atoms with van der Waals surface area (Å²) in [5.74, 6) is -0.539. The normalized spacial score (nSPS) is 17.3. The van der Waals surface area contributed by atoms with Crippen LogP contribution in [0.5, 0.6) is 0 Å². The van der Waals surface area contributed by atoms with Crippen LogP contribution in [0.3, 0.4) is 0 Å². The molecule has 226 valence electrons. The van der Waals surface area contributed by atoms with Gasteiger partial charge >= 0.3 is 6.09 Å². The molecule has 0 bridgehead atoms. The average Bonchev–Trinajstić information content (AvgIpc) is 3.37. The topological polar surface area (TPSA) is 81.1 Å². The molecule has 2 aliphatic rings. The molecule has 1 aromatic heterocycles. The molecule has 1 spiro atoms. The highest BCUT2D eigenvalue weighted by molar-refractivity contribution is 7.90. The zero-order chi connectivity index (χ0) is 30.1. The number of amides is 1. The van der Waals surface area contributed by atoms with Gasteiger partial charge in [0.05, 0.1) is 17.1 Å². The van der Waals surface area contributed by atoms with Crippen LogP contribution in [0.4, 0.5) is 14.9 Å². The Morgan fingerprint density at radius 2 is 1.71 bits per heavy atom. The van der Waals surface area contributed by atoms with Crippen LogP contribution in [-0.4, -0.2) is 62.3 Å². The molecule has 2 aromatic carbocycles. The summed E-state index contributed by atoms with van der Waals surface area (Å²) in [6, 6.07) is 14.7. The third-order valence-corrected chi connectivity index (χ3v) is 9.90. The van der Waals surface area contributed by atoms with Crippen molar-refractivity contribution in [2.75, 3.05) is 38.3 Å². The number of aromatic nitrogens is 1. The van der Waals surface area contributed by atoms with Gasteiger partial charge in [0.25, 0.3) is 10.0 Å². The number of hydrogen-bond acceptors (Lipinski definition) is 6. The molecule has 2 fully saturated rings. The predicted octanol–water partition coefficient (Wildman–Crippen LogP) is 6.30. The number of piperidine rings is 1. The molecule has 10 heteroatoms. The van der Waals surface area contributed by atoms with Gasteiger partial charge < -0.3 is 19.3 Å². The summed E-state index contributed by atoms with van der Waals surface area (Å²) in [4.78, 5) is 16.3. The van der Waals surface area contributed by atoms with E-state index in [2.05, 4.69) is 4.90 Å². The monoisotopic (exact) mass is 597 g/mol. The molecule has 2 aliphatic heterocycles. The molecular weight excluding hydrogens is 557 g/mol. The van der Waals surface area contributed by atoms with E-state index in [1.54, 1.807) is 70.3 Å². The van der Waals surface area contributed by atoms with E-state index in [4.69, 9.17) is 9.47 Å². The lowest BCUT2D eigenvalue weighted by Crippen LogP contribution is -2.43. The van der Waals surface area contributed by atoms with E-state index in [-0.39, 0.29) is 22.7 Å². The Morgan fingerprint density at radius 3 is 2.38 bits per heavy atom. The summed E-state index contributed by atoms with van der Waals surface area (Å²) in [6.07, 6.45) is 5.18. The molecule has 0 N–H and O–H groups in total. The third-order valence-electron chi connectivity index (χ3n) is 8.23. The van der Waals surface area contributed by atoms with Gasteiger partial charge in [-0.25, -0.2) is 21.6 Å². The number of nitrogens with zero attached hydrogens (tertiary/aromatic N) is 3. The molecule has 5 rings (SSSR count). The summed E-state index contributed by atoms with van der Waals surface area (Å²) < 4.78 is 55.4. The van der Waals surface area contributed by atoms with E-state index in [1.165, 1.54) is 17.2 Å². The smallest absolute Gasteiger partial charge is 0.410 e. The maximum absolute atomic E-state index is 15.0. The Bertz CT molecular complexity index is 1530. The van der Waals surface area contributed by atoms with Crippen molar-refractivity contribution < 1.29 is 27.1 Å². The van der Waals surface area contributed by atoms with Gasteiger partial charge in [0.1, 0.15) is 11.4 Å². The largest absolute Gasteiger partial charge is 0.444 e. The van der Waals surface area contributed by atoms with Crippen molar-refractivity contribution in [1.82, 2.24) is 8.87 Å². The van der Waals surface area contributed by atoms with Gasteiger partial charge in [0.2, 0.25) is 0 Å². The van der Waals surface area contributed by atoms with Crippen molar-refractivity contribution in [3.63, 3.8) is 0 Å². The van der Waals surface area contributed by atoms with Gasteiger partial charge in [0.15, 0.2) is 0 Å². The molecule has 0 saturated carbocycles. The van der Waals surface area contributed by atoms with Gasteiger partial charge in [-0.15, -0.1) is 0 Å². The van der Waals surface area contributed by atoms with Crippen molar-refractivity contribution in [3.8, 4) is 11.3 Å². The molecule has 1 amide bonds. The Hall–Kier alpha value is -3.37. The third kappa shape index (κ3) is 6.49. The number of rotatable bonds is 6. The van der Waals surface area contributed by atoms with Crippen LogP contribution < -0.4 is 4.90 Å². The number of benzene rings is 2. The zero-order valence-electron chi connectivity index (χ0n) is 24.8. The minimum absolute atomic E-state index is 0.0828. The molecule has 0 unspecified atom stereocenters. The maximum atomic E-state index is 15.0. The van der Waals surface area contributed by atoms with Crippen molar-refractivity contribution in [1.29, 1.82) is 0 Å². The average molecular weight is 598 g/mol. The molecule has 2 saturated heterocycles. The van der Waals surface area contributed by atoms with Crippen LogP contribution in [0.25, 0.3) is 11.3 Å². The van der Waals surface area contributed by atoms with Crippen molar-refractivity contribution >= 4 is 21.8 Å². The SMILES string of the molecule is CN(Cc1cc(-c2ccccc2F)n(S(=O)(=O)c2cccc(N3CCC4(CCOCC4)CC3)c2)c1)C(=O)OC(C)(C)C. The van der Waals surface area contributed by atoms with Gasteiger partial charge in [-0.05, 0) is 93.8 Å². The summed E-state index contributed by atoms with van der Waals surface area (Å²) in [5.41, 5.74) is 1.36. The quantitative estimate of drug-likeness (QED) is 0.332. The second kappa shape index (κ2) is 11.7. The van der Waals surface area contributed by atoms with Crippen LogP contribution in [0.15, 0.2) is 65.7 Å². The van der Waals surface area contributed by atoms with E-state index < -0.39 is 27.5 Å². The van der Waals surface area contributed by atoms with Gasteiger partial charge in [0, 0.05) is 50.8 Å². The van der Waals surface area contributed by atoms with Crippen LogP contribution in [-0.2, 0) is 26.0 Å². The fourth-order valence-electron chi connectivity index (χ4n) is 5.82. The second-order valence-electron chi connectivity index (χ2n) is 12.4. The van der Waals surface area contributed by atoms with Crippen molar-refractivity contribution in [2.24, 2.45) is 5.41 Å². The first-order chi connectivity index (χ1) is 19.9. The molecule has 3 aromatic rings. The van der Waals surface area contributed by atoms with Crippen LogP contribution in [0, 0.1) is 11.2 Å². The number of carbonyl (C=O) groups excluding carboxylic acids is 1. The molecule has 8 nitrogen and oxygen atoms in total. The Balaban J connectivity index is 1.45. The van der Waals surface area contributed by atoms with E-state index in [0.717, 1.165) is 61.6 Å². The van der Waals surface area contributed by atoms with Gasteiger partial charge in [-0.2, -0.15) is 0 Å². The molecule has 42 heavy (non-hydrogen) atoms. The fourth-order valence-corrected chi connectivity index (χ4v) is 7.26. The minimum Gasteiger partial charge on any atom is -0.444 e. The van der Waals surface area contributed by atoms with E-state index in [1.807, 2.05) is 6.07 Å². The first-order valence-electron chi connectivity index (χ1n) is 14.5. The molecule has 0 atom stereocenters. The van der Waals surface area contributed by atoms with E-state index in [0.29, 0.717) is 11.0 Å². The zero-order valence-corrected chi connectivity index (χ0v) is 25.6. The highest BCUT2D eigenvalue weighted by Crippen LogP contribution is 2.42. The number of hydrogen-bond donors (Lipinski definition) is 0. The summed E-state index contributed by atoms with van der Waals surface area (Å²) >= 11 is 0. The summed E-state index contributed by atoms with van der Waals surface area (Å²) in [5, 5.41) is 0. The lowest BCUT2D eigenvalue weighted by Gasteiger charge is -2.44. The summed E-state index contributed by atoms with van der Waals surface area (Å²) in [7, 11) is -2.54. The van der Waals surface area contributed by atoms with Crippen molar-refractivity contribution in [2.45, 2.75) is 63.5 Å². The predicted molar refractivity (Wildman–Crippen MR) is 160 cm³/mol. The lowest BCUT2D eigenvalue weighted by atomic mass is 9.72. The van der Waals surface area contributed by atoms with Crippen LogP contribution in [0.2, 0.25) is 0 Å². The first kappa shape index (κ1) is 30.1. The minimum atomic E-state index is -4.11. The van der Waals surface area contributed by atoms with Gasteiger partial charge in [-0.3, -0.25) is 0 Å². The summed E-state index contributed by atoms with van der Waals surface area (Å²) in [6.45, 7) is 8.75. The maximum Gasteiger partial charge on any atom is 0.410 e. The fraction of sp³-hybridized carbons (Fsp3) is 0.469. The number of anilines is 1. The number of halogens is 1. The Kier molecular flexibility index (Phi) is 8.40. The Morgan fingerprint density at radius 1 is 1.02 bits per heavy atom. The standard InChI is InChI=1S/C32H40FN3O5S/c1-31(2,3)41-30(37)34(4)22-24-20-29(27-10-5-6-11-28(27)33)36(23-24)42(38,39)26-9-7-8-25(21-26)35-16-12-32(13-17-35)14-18-40-19-15-32/h5-11,20-21,23H,12-19,22H2,1-4H3. The molecule has 0 radical (unpaired) electrons. The number of carbonyl (C=O) groups is 1. The highest BCUT2D eigenvalue weighted by atomic mass is 32.2. The highest BCUT2D eigenvalue weighted by Gasteiger charge is 2.36. The molecule has 3 heterocycles. The van der Waals surface area contributed by atoms with Crippen LogP contribution >= 0.6 is 0 Å². The molecular formula is C32H40FN3O5S. The van der Waals surface area contributed by atoms with Crippen molar-refractivity contribution in [3.05, 3.63) is 72.2 Å². The Labute approximate surface area is 248 Å². The van der Waals surface area contributed by atoms with E-state index in [9.17, 15) is 17.6 Å². The lowest BCUT2D eigenvalue weighted by molar-refractivity contribution is 0.00211. The van der Waals surface area contributed by atoms with Gasteiger partial charge in [-0.1, -0.05) is 18.2 Å². The second-order valence-corrected chi connectivity index (χ2v) is 14.3. The van der Waals surface area contributed by atoms with Crippen LogP contribution in [0.1, 0.15) is 52.0 Å². The first-order valence-corrected chi connectivity index (χ1v) is 15.9.